The van der Waals surface area contributed by atoms with E-state index < -0.39 is 11.5 Å². The number of carboxylic acids is 1. The molecule has 0 radical (unpaired) electrons. The lowest BCUT2D eigenvalue weighted by molar-refractivity contribution is -0.138. The van der Waals surface area contributed by atoms with E-state index >= 15 is 0 Å². The van der Waals surface area contributed by atoms with Gasteiger partial charge in [0, 0.05) is 6.61 Å². The highest BCUT2D eigenvalue weighted by Crippen LogP contribution is 2.24. The molecule has 1 aliphatic heterocycles. The lowest BCUT2D eigenvalue weighted by Gasteiger charge is -2.26. The van der Waals surface area contributed by atoms with Gasteiger partial charge in [-0.05, 0) is 19.3 Å². The molecule has 110 valence electrons. The molecule has 1 aliphatic rings. The Morgan fingerprint density at radius 1 is 1.60 bits per heavy atom. The summed E-state index contributed by atoms with van der Waals surface area (Å²) in [5.41, 5.74) is -0.794. The predicted molar refractivity (Wildman–Crippen MR) is 74.0 cm³/mol. The minimum atomic E-state index is -0.938. The first-order valence-corrected chi connectivity index (χ1v) is 7.43. The number of amides is 1. The fraction of sp³-hybridized carbons (Fsp3) is 0.615. The summed E-state index contributed by atoms with van der Waals surface area (Å²) < 4.78 is 5.25. The van der Waals surface area contributed by atoms with E-state index in [1.807, 2.05) is 0 Å². The zero-order valence-corrected chi connectivity index (χ0v) is 12.2. The Morgan fingerprint density at radius 3 is 3.00 bits per heavy atom. The van der Waals surface area contributed by atoms with Crippen molar-refractivity contribution in [1.29, 1.82) is 0 Å². The van der Waals surface area contributed by atoms with Gasteiger partial charge >= 0.3 is 5.97 Å². The summed E-state index contributed by atoms with van der Waals surface area (Å²) in [4.78, 5) is 27.9. The number of carbonyl (C=O) groups excluding carboxylic acids is 1. The zero-order chi connectivity index (χ0) is 14.6. The second-order valence-corrected chi connectivity index (χ2v) is 6.09. The molecule has 1 fully saturated rings. The van der Waals surface area contributed by atoms with Crippen LogP contribution < -0.4 is 5.32 Å². The number of aryl methyl sites for hydroxylation is 1. The van der Waals surface area contributed by atoms with Crippen molar-refractivity contribution >= 4 is 23.2 Å². The number of hydrogen-bond donors (Lipinski definition) is 2. The van der Waals surface area contributed by atoms with Gasteiger partial charge in [0.1, 0.15) is 4.88 Å². The van der Waals surface area contributed by atoms with Crippen molar-refractivity contribution in [1.82, 2.24) is 10.3 Å². The Hall–Kier alpha value is -1.47. The summed E-state index contributed by atoms with van der Waals surface area (Å²) in [6, 6.07) is 0. The third kappa shape index (κ3) is 3.55. The van der Waals surface area contributed by atoms with Crippen LogP contribution in [-0.4, -0.2) is 40.7 Å². The first-order chi connectivity index (χ1) is 9.54. The van der Waals surface area contributed by atoms with Crippen LogP contribution in [0.4, 0.5) is 0 Å². The summed E-state index contributed by atoms with van der Waals surface area (Å²) in [7, 11) is 0. The minimum absolute atomic E-state index is 0.126. The lowest BCUT2D eigenvalue weighted by Crippen LogP contribution is -2.50. The van der Waals surface area contributed by atoms with Gasteiger partial charge in [-0.1, -0.05) is 6.92 Å². The highest BCUT2D eigenvalue weighted by molar-refractivity contribution is 7.13. The maximum atomic E-state index is 12.2. The third-order valence-electron chi connectivity index (χ3n) is 3.21. The first-order valence-electron chi connectivity index (χ1n) is 6.61. The standard InChI is InChI=1S/C13H18N2O4S/c1-2-3-10-14-7-9(20-10)12(18)15-13(6-11(16)17)4-5-19-8-13/h7H,2-6,8H2,1H3,(H,15,18)(H,16,17). The molecule has 1 unspecified atom stereocenters. The topological polar surface area (TPSA) is 88.5 Å². The molecule has 0 bridgehead atoms. The van der Waals surface area contributed by atoms with Crippen LogP contribution in [0.25, 0.3) is 0 Å². The molecule has 2 heterocycles. The number of nitrogens with zero attached hydrogens (tertiary/aromatic N) is 1. The highest BCUT2D eigenvalue weighted by atomic mass is 32.1. The summed E-state index contributed by atoms with van der Waals surface area (Å²) >= 11 is 1.36. The van der Waals surface area contributed by atoms with Crippen molar-refractivity contribution in [2.45, 2.75) is 38.1 Å². The molecule has 1 atom stereocenters. The second kappa shape index (κ2) is 6.32. The quantitative estimate of drug-likeness (QED) is 0.830. The largest absolute Gasteiger partial charge is 0.481 e. The van der Waals surface area contributed by atoms with Crippen LogP contribution in [0, 0.1) is 0 Å². The monoisotopic (exact) mass is 298 g/mol. The molecule has 0 spiro atoms. The van der Waals surface area contributed by atoms with E-state index in [0.29, 0.717) is 17.9 Å². The summed E-state index contributed by atoms with van der Waals surface area (Å²) in [5, 5.41) is 12.7. The molecular formula is C13H18N2O4S. The number of aliphatic carboxylic acids is 1. The highest BCUT2D eigenvalue weighted by Gasteiger charge is 2.39. The van der Waals surface area contributed by atoms with E-state index in [-0.39, 0.29) is 18.9 Å². The molecule has 1 saturated heterocycles. The molecule has 7 heteroatoms. The molecule has 1 aromatic heterocycles. The van der Waals surface area contributed by atoms with Gasteiger partial charge in [-0.2, -0.15) is 0 Å². The van der Waals surface area contributed by atoms with Crippen LogP contribution in [-0.2, 0) is 16.0 Å². The van der Waals surface area contributed by atoms with E-state index in [1.165, 1.54) is 11.3 Å². The molecule has 6 nitrogen and oxygen atoms in total. The van der Waals surface area contributed by atoms with Crippen molar-refractivity contribution in [2.75, 3.05) is 13.2 Å². The van der Waals surface area contributed by atoms with E-state index in [0.717, 1.165) is 17.8 Å². The average molecular weight is 298 g/mol. The normalized spacial score (nSPS) is 21.9. The van der Waals surface area contributed by atoms with Crippen molar-refractivity contribution in [3.05, 3.63) is 16.1 Å². The number of nitrogens with one attached hydrogen (secondary N) is 1. The first kappa shape index (κ1) is 14.9. The summed E-state index contributed by atoms with van der Waals surface area (Å²) in [5.74, 6) is -1.21. The number of carboxylic acid groups (broad SMARTS) is 1. The molecule has 0 aromatic carbocycles. The number of hydrogen-bond acceptors (Lipinski definition) is 5. The lowest BCUT2D eigenvalue weighted by atomic mass is 9.94. The van der Waals surface area contributed by atoms with Gasteiger partial charge in [0.15, 0.2) is 0 Å². The molecular weight excluding hydrogens is 280 g/mol. The number of aromatic nitrogens is 1. The van der Waals surface area contributed by atoms with Crippen LogP contribution in [0.1, 0.15) is 40.9 Å². The van der Waals surface area contributed by atoms with Gasteiger partial charge in [-0.15, -0.1) is 11.3 Å². The second-order valence-electron chi connectivity index (χ2n) is 4.98. The SMILES string of the molecule is CCCc1ncc(C(=O)NC2(CC(=O)O)CCOC2)s1. The zero-order valence-electron chi connectivity index (χ0n) is 11.3. The fourth-order valence-electron chi connectivity index (χ4n) is 2.23. The molecule has 1 amide bonds. The number of ether oxygens (including phenoxy) is 1. The summed E-state index contributed by atoms with van der Waals surface area (Å²) in [6.45, 7) is 2.77. The average Bonchev–Trinajstić information content (AvgIpc) is 2.98. The molecule has 1 aromatic rings. The van der Waals surface area contributed by atoms with Crippen molar-refractivity contribution in [2.24, 2.45) is 0 Å². The van der Waals surface area contributed by atoms with Gasteiger partial charge in [-0.25, -0.2) is 4.98 Å². The van der Waals surface area contributed by atoms with Crippen LogP contribution in [0.3, 0.4) is 0 Å². The smallest absolute Gasteiger partial charge is 0.305 e. The van der Waals surface area contributed by atoms with Gasteiger partial charge in [0.05, 0.1) is 29.8 Å². The minimum Gasteiger partial charge on any atom is -0.481 e. The number of rotatable bonds is 6. The van der Waals surface area contributed by atoms with E-state index in [1.54, 1.807) is 6.20 Å². The summed E-state index contributed by atoms with van der Waals surface area (Å²) in [6.07, 6.45) is 3.77. The van der Waals surface area contributed by atoms with E-state index in [4.69, 9.17) is 9.84 Å². The molecule has 2 N–H and O–H groups in total. The van der Waals surface area contributed by atoms with Crippen molar-refractivity contribution in [3.8, 4) is 0 Å². The van der Waals surface area contributed by atoms with Crippen molar-refractivity contribution in [3.63, 3.8) is 0 Å². The Labute approximate surface area is 121 Å². The van der Waals surface area contributed by atoms with Crippen LogP contribution in [0.15, 0.2) is 6.20 Å². The number of thiazole rings is 1. The van der Waals surface area contributed by atoms with Crippen LogP contribution in [0.2, 0.25) is 0 Å². The molecule has 0 saturated carbocycles. The van der Waals surface area contributed by atoms with Gasteiger partial charge in [0.2, 0.25) is 0 Å². The maximum absolute atomic E-state index is 12.2. The Kier molecular flexibility index (Phi) is 4.72. The van der Waals surface area contributed by atoms with Crippen molar-refractivity contribution < 1.29 is 19.4 Å². The Bertz CT molecular complexity index is 494. The Morgan fingerprint density at radius 2 is 2.40 bits per heavy atom. The van der Waals surface area contributed by atoms with Gasteiger partial charge in [0.25, 0.3) is 5.91 Å². The molecule has 0 aliphatic carbocycles. The maximum Gasteiger partial charge on any atom is 0.305 e. The van der Waals surface area contributed by atoms with E-state index in [9.17, 15) is 9.59 Å². The van der Waals surface area contributed by atoms with Gasteiger partial charge < -0.3 is 15.2 Å². The third-order valence-corrected chi connectivity index (χ3v) is 4.27. The fourth-order valence-corrected chi connectivity index (χ4v) is 3.14. The van der Waals surface area contributed by atoms with Gasteiger partial charge in [-0.3, -0.25) is 9.59 Å². The van der Waals surface area contributed by atoms with E-state index in [2.05, 4.69) is 17.2 Å². The predicted octanol–water partition coefficient (Wildman–Crippen LogP) is 1.46. The molecule has 20 heavy (non-hydrogen) atoms. The van der Waals surface area contributed by atoms with Crippen LogP contribution in [0.5, 0.6) is 0 Å². The Balaban J connectivity index is 2.05. The van der Waals surface area contributed by atoms with Crippen LogP contribution >= 0.6 is 11.3 Å². The molecule has 2 rings (SSSR count). The number of carbonyl (C=O) groups is 2.